The largest absolute Gasteiger partial charge is 0.473 e. The van der Waals surface area contributed by atoms with Crippen LogP contribution < -0.4 is 5.38 Å². The first kappa shape index (κ1) is 12.2. The molecule has 3 heteroatoms. The zero-order valence-electron chi connectivity index (χ0n) is 10.1. The Morgan fingerprint density at radius 1 is 1.47 bits per heavy atom. The second-order valence-electron chi connectivity index (χ2n) is 4.75. The molecule has 0 saturated heterocycles. The lowest BCUT2D eigenvalue weighted by molar-refractivity contribution is 0.112. The van der Waals surface area contributed by atoms with Gasteiger partial charge < -0.3 is 4.42 Å². The maximum absolute atomic E-state index is 10.7. The minimum Gasteiger partial charge on any atom is -0.473 e. The van der Waals surface area contributed by atoms with Crippen molar-refractivity contribution in [3.8, 4) is 0 Å². The van der Waals surface area contributed by atoms with Crippen LogP contribution in [-0.2, 0) is 0 Å². The zero-order chi connectivity index (χ0) is 11.5. The minimum atomic E-state index is -1.47. The summed E-state index contributed by atoms with van der Waals surface area (Å²) in [7, 11) is -1.47. The number of rotatable bonds is 5. The van der Waals surface area contributed by atoms with E-state index >= 15 is 0 Å². The Bertz CT molecular complexity index is 339. The number of hydrogen-bond donors (Lipinski definition) is 0. The van der Waals surface area contributed by atoms with Gasteiger partial charge in [0.1, 0.15) is 14.3 Å². The SMILES string of the molecule is CCCC[Si](C)(C)c1occ(C=O)c1C. The zero-order valence-corrected chi connectivity index (χ0v) is 11.1. The Morgan fingerprint density at radius 3 is 2.60 bits per heavy atom. The highest BCUT2D eigenvalue weighted by molar-refractivity contribution is 6.89. The molecule has 1 rings (SSSR count). The van der Waals surface area contributed by atoms with Gasteiger partial charge in [-0.3, -0.25) is 4.79 Å². The van der Waals surface area contributed by atoms with E-state index in [4.69, 9.17) is 4.42 Å². The molecule has 1 heterocycles. The molecule has 0 N–H and O–H groups in total. The third kappa shape index (κ3) is 2.59. The molecule has 1 aromatic rings. The van der Waals surface area contributed by atoms with Gasteiger partial charge in [-0.05, 0) is 12.5 Å². The smallest absolute Gasteiger partial charge is 0.153 e. The van der Waals surface area contributed by atoms with Crippen LogP contribution in [0.3, 0.4) is 0 Å². The maximum Gasteiger partial charge on any atom is 0.153 e. The van der Waals surface area contributed by atoms with Crippen LogP contribution >= 0.6 is 0 Å². The first-order valence-corrected chi connectivity index (χ1v) is 8.77. The summed E-state index contributed by atoms with van der Waals surface area (Å²) in [6.45, 7) is 8.81. The molecule has 0 aliphatic carbocycles. The Morgan fingerprint density at radius 2 is 2.13 bits per heavy atom. The summed E-state index contributed by atoms with van der Waals surface area (Å²) in [5, 5.41) is 1.10. The normalized spacial score (nSPS) is 11.7. The van der Waals surface area contributed by atoms with Crippen LogP contribution in [-0.4, -0.2) is 14.4 Å². The van der Waals surface area contributed by atoms with E-state index in [1.807, 2.05) is 6.92 Å². The standard InChI is InChI=1S/C12H20O2Si/c1-5-6-7-15(3,4)12-10(2)11(8-13)9-14-12/h8-9H,5-7H2,1-4H3. The number of aldehydes is 1. The number of hydrogen-bond acceptors (Lipinski definition) is 2. The predicted octanol–water partition coefficient (Wildman–Crippen LogP) is 3.12. The maximum atomic E-state index is 10.7. The van der Waals surface area contributed by atoms with E-state index in [0.29, 0.717) is 5.56 Å². The highest BCUT2D eigenvalue weighted by Gasteiger charge is 2.29. The molecule has 0 unspecified atom stereocenters. The molecule has 0 amide bonds. The monoisotopic (exact) mass is 224 g/mol. The van der Waals surface area contributed by atoms with Crippen LogP contribution in [0.2, 0.25) is 19.1 Å². The van der Waals surface area contributed by atoms with E-state index in [0.717, 1.165) is 17.2 Å². The average Bonchev–Trinajstić information content (AvgIpc) is 2.57. The van der Waals surface area contributed by atoms with Crippen molar-refractivity contribution in [2.45, 2.75) is 45.8 Å². The summed E-state index contributed by atoms with van der Waals surface area (Å²) in [6, 6.07) is 1.23. The Kier molecular flexibility index (Phi) is 3.91. The topological polar surface area (TPSA) is 30.2 Å². The number of furan rings is 1. The van der Waals surface area contributed by atoms with Gasteiger partial charge in [0.15, 0.2) is 6.29 Å². The van der Waals surface area contributed by atoms with Crippen molar-refractivity contribution < 1.29 is 9.21 Å². The van der Waals surface area contributed by atoms with Gasteiger partial charge in [-0.25, -0.2) is 0 Å². The summed E-state index contributed by atoms with van der Waals surface area (Å²) in [4.78, 5) is 10.7. The van der Waals surface area contributed by atoms with E-state index in [2.05, 4.69) is 20.0 Å². The molecule has 2 nitrogen and oxygen atoms in total. The fourth-order valence-corrected chi connectivity index (χ4v) is 4.95. The van der Waals surface area contributed by atoms with Crippen molar-refractivity contribution in [2.24, 2.45) is 0 Å². The molecule has 0 aromatic carbocycles. The van der Waals surface area contributed by atoms with E-state index in [9.17, 15) is 4.79 Å². The second-order valence-corrected chi connectivity index (χ2v) is 9.47. The van der Waals surface area contributed by atoms with E-state index in [1.54, 1.807) is 6.26 Å². The van der Waals surface area contributed by atoms with Crippen molar-refractivity contribution in [3.05, 3.63) is 17.4 Å². The van der Waals surface area contributed by atoms with Crippen molar-refractivity contribution in [3.63, 3.8) is 0 Å². The molecule has 0 saturated carbocycles. The van der Waals surface area contributed by atoms with Gasteiger partial charge in [0, 0.05) is 0 Å². The number of carbonyl (C=O) groups excluding carboxylic acids is 1. The highest BCUT2D eigenvalue weighted by Crippen LogP contribution is 2.18. The molecule has 0 fully saturated rings. The number of unbranched alkanes of at least 4 members (excludes halogenated alkanes) is 1. The lowest BCUT2D eigenvalue weighted by Gasteiger charge is -2.20. The van der Waals surface area contributed by atoms with E-state index in [1.165, 1.54) is 18.9 Å². The summed E-state index contributed by atoms with van der Waals surface area (Å²) < 4.78 is 5.58. The van der Waals surface area contributed by atoms with Crippen LogP contribution in [0.25, 0.3) is 0 Å². The molecule has 0 bridgehead atoms. The molecule has 84 valence electrons. The lowest BCUT2D eigenvalue weighted by Crippen LogP contribution is -2.41. The third-order valence-corrected chi connectivity index (χ3v) is 6.30. The molecule has 0 spiro atoms. The predicted molar refractivity (Wildman–Crippen MR) is 65.7 cm³/mol. The Labute approximate surface area is 92.7 Å². The van der Waals surface area contributed by atoms with Gasteiger partial charge in [-0.1, -0.05) is 38.9 Å². The minimum absolute atomic E-state index is 0.710. The lowest BCUT2D eigenvalue weighted by atomic mass is 10.2. The first-order valence-electron chi connectivity index (χ1n) is 5.56. The van der Waals surface area contributed by atoms with Crippen LogP contribution in [0.1, 0.15) is 35.7 Å². The van der Waals surface area contributed by atoms with Gasteiger partial charge in [0.05, 0.1) is 10.9 Å². The molecule has 0 aliphatic rings. The Balaban J connectivity index is 2.93. The quantitative estimate of drug-likeness (QED) is 0.568. The number of carbonyl (C=O) groups is 1. The molecular formula is C12H20O2Si. The van der Waals surface area contributed by atoms with Crippen LogP contribution in [0.15, 0.2) is 10.7 Å². The Hall–Kier alpha value is -0.833. The molecule has 15 heavy (non-hydrogen) atoms. The molecular weight excluding hydrogens is 204 g/mol. The second kappa shape index (κ2) is 4.79. The van der Waals surface area contributed by atoms with Crippen LogP contribution in [0.4, 0.5) is 0 Å². The van der Waals surface area contributed by atoms with E-state index < -0.39 is 8.07 Å². The van der Waals surface area contributed by atoms with Gasteiger partial charge in [-0.2, -0.15) is 0 Å². The fraction of sp³-hybridized carbons (Fsp3) is 0.583. The molecule has 1 aromatic heterocycles. The highest BCUT2D eigenvalue weighted by atomic mass is 28.3. The van der Waals surface area contributed by atoms with E-state index in [-0.39, 0.29) is 0 Å². The van der Waals surface area contributed by atoms with Crippen molar-refractivity contribution in [1.29, 1.82) is 0 Å². The van der Waals surface area contributed by atoms with Gasteiger partial charge >= 0.3 is 0 Å². The average molecular weight is 224 g/mol. The molecule has 0 radical (unpaired) electrons. The van der Waals surface area contributed by atoms with Crippen LogP contribution in [0.5, 0.6) is 0 Å². The summed E-state index contributed by atoms with van der Waals surface area (Å²) in [6.07, 6.45) is 4.94. The van der Waals surface area contributed by atoms with Crippen molar-refractivity contribution >= 4 is 19.7 Å². The third-order valence-electron chi connectivity index (χ3n) is 2.97. The summed E-state index contributed by atoms with van der Waals surface area (Å²) in [5.74, 6) is 0. The van der Waals surface area contributed by atoms with Crippen molar-refractivity contribution in [1.82, 2.24) is 0 Å². The van der Waals surface area contributed by atoms with Gasteiger partial charge in [-0.15, -0.1) is 0 Å². The summed E-state index contributed by atoms with van der Waals surface area (Å²) in [5.41, 5.74) is 1.76. The first-order chi connectivity index (χ1) is 7.03. The summed E-state index contributed by atoms with van der Waals surface area (Å²) >= 11 is 0. The fourth-order valence-electron chi connectivity index (χ4n) is 1.95. The van der Waals surface area contributed by atoms with Crippen molar-refractivity contribution in [2.75, 3.05) is 0 Å². The van der Waals surface area contributed by atoms with Gasteiger partial charge in [0.25, 0.3) is 0 Å². The van der Waals surface area contributed by atoms with Crippen LogP contribution in [0, 0.1) is 6.92 Å². The molecule has 0 aliphatic heterocycles. The molecule has 0 atom stereocenters. The van der Waals surface area contributed by atoms with Gasteiger partial charge in [0.2, 0.25) is 0 Å².